The van der Waals surface area contributed by atoms with Gasteiger partial charge in [-0.15, -0.1) is 0 Å². The Morgan fingerprint density at radius 1 is 0.619 bits per heavy atom. The molecule has 2 aromatic rings. The number of fused-ring (bicyclic) bond motifs is 2. The molecule has 2 saturated heterocycles. The zero-order valence-corrected chi connectivity index (χ0v) is 22.7. The Balaban J connectivity index is 0.949. The molecule has 2 atom stereocenters. The first-order valence-electron chi connectivity index (χ1n) is 13.9. The van der Waals surface area contributed by atoms with Gasteiger partial charge in [-0.2, -0.15) is 0 Å². The van der Waals surface area contributed by atoms with Crippen LogP contribution in [0.4, 0.5) is 0 Å². The lowest BCUT2D eigenvalue weighted by molar-refractivity contribution is 0.0468. The lowest BCUT2D eigenvalue weighted by Gasteiger charge is -2.15. The summed E-state index contributed by atoms with van der Waals surface area (Å²) in [5.74, 6) is -2.87. The Bertz CT molecular complexity index is 1380. The monoisotopic (exact) mass is 576 g/mol. The topological polar surface area (TPSA) is 152 Å². The SMILES string of the molecule is O=C(OCC1CO1)c1ccc2c(c1)C(=O)N(CCCCCCN1C(=O)c3ccc(C(=O)OCC4CO4)cc3C1=O)C2=O. The maximum Gasteiger partial charge on any atom is 0.338 e. The number of hydrogen-bond acceptors (Lipinski definition) is 10. The van der Waals surface area contributed by atoms with E-state index in [4.69, 9.17) is 18.9 Å². The van der Waals surface area contributed by atoms with Gasteiger partial charge >= 0.3 is 11.9 Å². The van der Waals surface area contributed by atoms with Gasteiger partial charge in [0.15, 0.2) is 0 Å². The molecule has 2 unspecified atom stereocenters. The molecule has 2 aromatic carbocycles. The fourth-order valence-electron chi connectivity index (χ4n) is 4.97. The molecule has 12 nitrogen and oxygen atoms in total. The molecule has 12 heteroatoms. The third kappa shape index (κ3) is 5.68. The van der Waals surface area contributed by atoms with E-state index in [0.29, 0.717) is 38.9 Å². The van der Waals surface area contributed by atoms with Crippen molar-refractivity contribution in [2.24, 2.45) is 0 Å². The first-order chi connectivity index (χ1) is 20.3. The van der Waals surface area contributed by atoms with Crippen molar-refractivity contribution in [3.8, 4) is 0 Å². The zero-order chi connectivity index (χ0) is 29.4. The lowest BCUT2D eigenvalue weighted by Crippen LogP contribution is -2.31. The lowest BCUT2D eigenvalue weighted by atomic mass is 10.1. The maximum absolute atomic E-state index is 12.9. The summed E-state index contributed by atoms with van der Waals surface area (Å²) >= 11 is 0. The summed E-state index contributed by atoms with van der Waals surface area (Å²) < 4.78 is 20.4. The molecular formula is C30H28N2O10. The highest BCUT2D eigenvalue weighted by atomic mass is 16.6. The van der Waals surface area contributed by atoms with Crippen LogP contribution in [0.3, 0.4) is 0 Å². The first-order valence-corrected chi connectivity index (χ1v) is 13.9. The Morgan fingerprint density at radius 3 is 1.38 bits per heavy atom. The Labute approximate surface area is 240 Å². The van der Waals surface area contributed by atoms with Crippen LogP contribution in [0.1, 0.15) is 87.8 Å². The molecule has 2 fully saturated rings. The number of imide groups is 2. The van der Waals surface area contributed by atoms with Crippen LogP contribution in [0.25, 0.3) is 0 Å². The van der Waals surface area contributed by atoms with Gasteiger partial charge in [0.1, 0.15) is 25.4 Å². The second-order valence-electron chi connectivity index (χ2n) is 10.6. The molecule has 6 rings (SSSR count). The number of hydrogen-bond donors (Lipinski definition) is 0. The molecule has 4 aliphatic heterocycles. The molecule has 42 heavy (non-hydrogen) atoms. The van der Waals surface area contributed by atoms with E-state index in [0.717, 1.165) is 0 Å². The van der Waals surface area contributed by atoms with Gasteiger partial charge in [0.2, 0.25) is 0 Å². The Hall–Kier alpha value is -4.42. The van der Waals surface area contributed by atoms with Crippen molar-refractivity contribution in [3.05, 3.63) is 69.8 Å². The normalized spacial score (nSPS) is 20.1. The molecule has 0 N–H and O–H groups in total. The molecule has 0 aromatic heterocycles. The van der Waals surface area contributed by atoms with Gasteiger partial charge in [0, 0.05) is 13.1 Å². The molecule has 4 amide bonds. The number of rotatable bonds is 13. The summed E-state index contributed by atoms with van der Waals surface area (Å²) in [5, 5.41) is 0. The number of benzene rings is 2. The van der Waals surface area contributed by atoms with Crippen LogP contribution < -0.4 is 0 Å². The molecule has 0 radical (unpaired) electrons. The molecule has 0 aliphatic carbocycles. The third-order valence-electron chi connectivity index (χ3n) is 7.53. The summed E-state index contributed by atoms with van der Waals surface area (Å²) in [6.45, 7) is 1.83. The predicted octanol–water partition coefficient (Wildman–Crippen LogP) is 2.25. The fourth-order valence-corrected chi connectivity index (χ4v) is 4.97. The molecule has 4 heterocycles. The predicted molar refractivity (Wildman–Crippen MR) is 142 cm³/mol. The van der Waals surface area contributed by atoms with E-state index in [2.05, 4.69) is 0 Å². The number of esters is 2. The van der Waals surface area contributed by atoms with Crippen molar-refractivity contribution in [2.45, 2.75) is 37.9 Å². The van der Waals surface area contributed by atoms with E-state index < -0.39 is 35.6 Å². The van der Waals surface area contributed by atoms with Crippen LogP contribution in [0.2, 0.25) is 0 Å². The van der Waals surface area contributed by atoms with E-state index in [9.17, 15) is 28.8 Å². The number of amides is 4. The van der Waals surface area contributed by atoms with Crippen molar-refractivity contribution in [1.29, 1.82) is 0 Å². The zero-order valence-electron chi connectivity index (χ0n) is 22.7. The van der Waals surface area contributed by atoms with Crippen LogP contribution in [-0.4, -0.2) is 97.1 Å². The van der Waals surface area contributed by atoms with Crippen molar-refractivity contribution >= 4 is 35.6 Å². The maximum atomic E-state index is 12.9. The van der Waals surface area contributed by atoms with Crippen molar-refractivity contribution in [3.63, 3.8) is 0 Å². The van der Waals surface area contributed by atoms with Gasteiger partial charge in [-0.05, 0) is 49.2 Å². The van der Waals surface area contributed by atoms with Crippen LogP contribution in [0, 0.1) is 0 Å². The van der Waals surface area contributed by atoms with Crippen LogP contribution in [0.15, 0.2) is 36.4 Å². The molecule has 218 valence electrons. The van der Waals surface area contributed by atoms with Gasteiger partial charge in [-0.3, -0.25) is 29.0 Å². The Morgan fingerprint density at radius 2 is 1.00 bits per heavy atom. The van der Waals surface area contributed by atoms with Gasteiger partial charge < -0.3 is 18.9 Å². The molecule has 4 aliphatic rings. The quantitative estimate of drug-likeness (QED) is 0.150. The highest BCUT2D eigenvalue weighted by molar-refractivity contribution is 6.22. The highest BCUT2D eigenvalue weighted by Crippen LogP contribution is 2.27. The molecule has 0 bridgehead atoms. The number of unbranched alkanes of at least 4 members (excludes halogenated alkanes) is 3. The smallest absolute Gasteiger partial charge is 0.338 e. The standard InChI is InChI=1S/C30H28N2O10/c33-25-21-7-5-17(29(37)41-15-19-13-39-19)11-23(21)27(35)31(25)9-3-1-2-4-10-32-26(34)22-8-6-18(12-24(22)28(32)36)30(38)42-16-20-14-40-20/h5-8,11-12,19-20H,1-4,9-10,13-16H2. The van der Waals surface area contributed by atoms with Gasteiger partial charge in [-0.25, -0.2) is 9.59 Å². The summed E-state index contributed by atoms with van der Waals surface area (Å²) in [7, 11) is 0. The number of epoxide rings is 2. The van der Waals surface area contributed by atoms with E-state index in [1.54, 1.807) is 0 Å². The van der Waals surface area contributed by atoms with E-state index in [1.807, 2.05) is 0 Å². The number of ether oxygens (including phenoxy) is 4. The van der Waals surface area contributed by atoms with Gasteiger partial charge in [-0.1, -0.05) is 12.8 Å². The second kappa shape index (κ2) is 11.5. The number of carbonyl (C=O) groups is 6. The first kappa shape index (κ1) is 27.7. The minimum atomic E-state index is -0.576. The minimum absolute atomic E-state index is 0.0760. The Kier molecular flexibility index (Phi) is 7.56. The summed E-state index contributed by atoms with van der Waals surface area (Å²) in [4.78, 5) is 78.2. The minimum Gasteiger partial charge on any atom is -0.459 e. The number of carbonyl (C=O) groups excluding carboxylic acids is 6. The van der Waals surface area contributed by atoms with Crippen molar-refractivity contribution in [1.82, 2.24) is 9.80 Å². The third-order valence-corrected chi connectivity index (χ3v) is 7.53. The van der Waals surface area contributed by atoms with E-state index in [-0.39, 0.29) is 71.9 Å². The average Bonchev–Trinajstić information content (AvgIpc) is 3.94. The summed E-state index contributed by atoms with van der Waals surface area (Å²) in [6, 6.07) is 8.67. The van der Waals surface area contributed by atoms with Gasteiger partial charge in [0.05, 0.1) is 46.6 Å². The number of nitrogens with zero attached hydrogens (tertiary/aromatic N) is 2. The van der Waals surface area contributed by atoms with Crippen LogP contribution >= 0.6 is 0 Å². The fraction of sp³-hybridized carbons (Fsp3) is 0.400. The molecular weight excluding hydrogens is 548 g/mol. The van der Waals surface area contributed by atoms with E-state index in [1.165, 1.54) is 46.2 Å². The van der Waals surface area contributed by atoms with Crippen LogP contribution in [-0.2, 0) is 18.9 Å². The van der Waals surface area contributed by atoms with E-state index >= 15 is 0 Å². The molecule has 0 saturated carbocycles. The van der Waals surface area contributed by atoms with Gasteiger partial charge in [0.25, 0.3) is 23.6 Å². The summed E-state index contributed by atoms with van der Waals surface area (Å²) in [6.07, 6.45) is 2.26. The summed E-state index contributed by atoms with van der Waals surface area (Å²) in [5.41, 5.74) is 1.25. The van der Waals surface area contributed by atoms with Crippen LogP contribution in [0.5, 0.6) is 0 Å². The van der Waals surface area contributed by atoms with Crippen molar-refractivity contribution in [2.75, 3.05) is 39.5 Å². The highest BCUT2D eigenvalue weighted by Gasteiger charge is 2.37. The van der Waals surface area contributed by atoms with Crippen molar-refractivity contribution < 1.29 is 47.7 Å². The second-order valence-corrected chi connectivity index (χ2v) is 10.6. The molecule has 0 spiro atoms. The average molecular weight is 577 g/mol. The largest absolute Gasteiger partial charge is 0.459 e.